The number of nitrogens with one attached hydrogen (secondary N) is 1. The van der Waals surface area contributed by atoms with Crippen molar-refractivity contribution < 1.29 is 28.7 Å². The molecule has 2 heterocycles. The Labute approximate surface area is 232 Å². The number of aromatic nitrogens is 3. The predicted molar refractivity (Wildman–Crippen MR) is 146 cm³/mol. The van der Waals surface area contributed by atoms with Crippen LogP contribution in [0, 0.1) is 0 Å². The van der Waals surface area contributed by atoms with Crippen LogP contribution in [0.1, 0.15) is 55.3 Å². The topological polar surface area (TPSA) is 125 Å². The van der Waals surface area contributed by atoms with Crippen molar-refractivity contribution >= 4 is 23.8 Å². The molecule has 0 saturated heterocycles. The molecule has 0 amide bonds. The number of methoxy groups -OCH3 is 2. The molecule has 39 heavy (non-hydrogen) atoms. The van der Waals surface area contributed by atoms with Crippen molar-refractivity contribution in [2.75, 3.05) is 27.4 Å². The molecular weight excluding hydrogens is 522 g/mol. The first-order valence-corrected chi connectivity index (χ1v) is 13.1. The molecule has 0 bridgehead atoms. The molecule has 3 aromatic rings. The Hall–Kier alpha value is -3.89. The molecule has 0 spiro atoms. The summed E-state index contributed by atoms with van der Waals surface area (Å²) in [4.78, 5) is 15.2. The molecule has 4 rings (SSSR count). The number of carbonyl (C=O) groups excluding carboxylic acids is 1. The van der Waals surface area contributed by atoms with Crippen LogP contribution in [-0.4, -0.2) is 54.3 Å². The van der Waals surface area contributed by atoms with Crippen LogP contribution in [0.2, 0.25) is 5.02 Å². The summed E-state index contributed by atoms with van der Waals surface area (Å²) in [5, 5.41) is 9.55. The van der Waals surface area contributed by atoms with Gasteiger partial charge in [0.2, 0.25) is 0 Å². The highest BCUT2D eigenvalue weighted by Crippen LogP contribution is 2.46. The minimum Gasteiger partial charge on any atom is -0.493 e. The molecule has 1 aromatic heterocycles. The summed E-state index contributed by atoms with van der Waals surface area (Å²) < 4.78 is 25.2. The lowest BCUT2D eigenvalue weighted by Gasteiger charge is -2.24. The number of halogens is 1. The number of aryl methyl sites for hydroxylation is 1. The maximum Gasteiger partial charge on any atom is 0.345 e. The number of benzene rings is 2. The molecule has 206 valence electrons. The molecule has 11 heteroatoms. The van der Waals surface area contributed by atoms with Gasteiger partial charge in [-0.15, -0.1) is 10.2 Å². The predicted octanol–water partition coefficient (Wildman–Crippen LogP) is 2.61. The van der Waals surface area contributed by atoms with Crippen LogP contribution < -0.4 is 20.2 Å². The van der Waals surface area contributed by atoms with Gasteiger partial charge in [0.1, 0.15) is 30.2 Å². The lowest BCUT2D eigenvalue weighted by Crippen LogP contribution is -2.69. The molecule has 0 fully saturated rings. The van der Waals surface area contributed by atoms with E-state index in [-0.39, 0.29) is 12.2 Å². The van der Waals surface area contributed by atoms with Gasteiger partial charge in [-0.1, -0.05) is 30.7 Å². The summed E-state index contributed by atoms with van der Waals surface area (Å²) in [7, 11) is 3.20. The molecular formula is C28H33ClN5O5+. The zero-order valence-corrected chi connectivity index (χ0v) is 23.2. The number of para-hydroxylation sites is 1. The van der Waals surface area contributed by atoms with Gasteiger partial charge in [0.15, 0.2) is 23.5 Å². The summed E-state index contributed by atoms with van der Waals surface area (Å²) in [5.41, 5.74) is 8.36. The first-order chi connectivity index (χ1) is 19.0. The zero-order chi connectivity index (χ0) is 27.9. The van der Waals surface area contributed by atoms with E-state index in [0.29, 0.717) is 41.7 Å². The Morgan fingerprint density at radius 3 is 2.69 bits per heavy atom. The van der Waals surface area contributed by atoms with Crippen LogP contribution in [0.15, 0.2) is 48.2 Å². The van der Waals surface area contributed by atoms with Crippen molar-refractivity contribution in [1.29, 1.82) is 0 Å². The van der Waals surface area contributed by atoms with E-state index in [1.807, 2.05) is 47.9 Å². The third-order valence-corrected chi connectivity index (χ3v) is 6.62. The van der Waals surface area contributed by atoms with Gasteiger partial charge in [-0.2, -0.15) is 0 Å². The summed E-state index contributed by atoms with van der Waals surface area (Å²) in [5.74, 6) is 2.13. The third kappa shape index (κ3) is 5.76. The maximum absolute atomic E-state index is 12.1. The van der Waals surface area contributed by atoms with Crippen LogP contribution in [-0.2, 0) is 20.7 Å². The van der Waals surface area contributed by atoms with Crippen LogP contribution in [0.4, 0.5) is 0 Å². The summed E-state index contributed by atoms with van der Waals surface area (Å²) >= 11 is 6.50. The second-order valence-electron chi connectivity index (χ2n) is 8.68. The van der Waals surface area contributed by atoms with Gasteiger partial charge in [0.25, 0.3) is 0 Å². The summed E-state index contributed by atoms with van der Waals surface area (Å²) in [6.07, 6.45) is 2.90. The van der Waals surface area contributed by atoms with Gasteiger partial charge in [-0.05, 0) is 31.2 Å². The van der Waals surface area contributed by atoms with Crippen molar-refractivity contribution in [2.45, 2.75) is 38.9 Å². The Kier molecular flexibility index (Phi) is 9.21. The highest BCUT2D eigenvalue weighted by Gasteiger charge is 2.35. The van der Waals surface area contributed by atoms with Gasteiger partial charge < -0.3 is 24.7 Å². The van der Waals surface area contributed by atoms with Crippen LogP contribution in [0.3, 0.4) is 0 Å². The number of hydrogen-bond donors (Lipinski definition) is 2. The molecule has 0 radical (unpaired) electrons. The van der Waals surface area contributed by atoms with E-state index in [1.165, 1.54) is 12.4 Å². The number of hydrogen-bond acceptors (Lipinski definition) is 8. The van der Waals surface area contributed by atoms with E-state index in [9.17, 15) is 4.79 Å². The minimum absolute atomic E-state index is 0.233. The number of nitrogens with zero attached hydrogens (tertiary/aromatic N) is 3. The monoisotopic (exact) mass is 554 g/mol. The summed E-state index contributed by atoms with van der Waals surface area (Å²) in [6, 6.07) is 11.4. The number of nitrogens with two attached hydrogens (primary N) is 1. The number of rotatable bonds is 10. The number of carbonyl (C=O) groups is 1. The molecule has 1 aliphatic rings. The maximum atomic E-state index is 12.1. The zero-order valence-electron chi connectivity index (χ0n) is 22.4. The van der Waals surface area contributed by atoms with Crippen molar-refractivity contribution in [3.8, 4) is 17.2 Å². The summed E-state index contributed by atoms with van der Waals surface area (Å²) in [6.45, 7) is 4.48. The minimum atomic E-state index is -0.553. The number of esters is 1. The van der Waals surface area contributed by atoms with E-state index >= 15 is 0 Å². The fourth-order valence-corrected chi connectivity index (χ4v) is 4.79. The van der Waals surface area contributed by atoms with Crippen molar-refractivity contribution in [3.05, 3.63) is 76.0 Å². The van der Waals surface area contributed by atoms with Gasteiger partial charge in [-0.3, -0.25) is 4.57 Å². The first-order valence-electron chi connectivity index (χ1n) is 12.7. The Bertz CT molecular complexity index is 1390. The van der Waals surface area contributed by atoms with Gasteiger partial charge >= 0.3 is 5.97 Å². The fourth-order valence-electron chi connectivity index (χ4n) is 4.61. The van der Waals surface area contributed by atoms with Crippen molar-refractivity contribution in [1.82, 2.24) is 14.8 Å². The number of fused-ring (bicyclic) bond motifs is 3. The largest absolute Gasteiger partial charge is 0.493 e. The van der Waals surface area contributed by atoms with Crippen LogP contribution >= 0.6 is 11.6 Å². The van der Waals surface area contributed by atoms with Crippen molar-refractivity contribution in [3.63, 3.8) is 0 Å². The van der Waals surface area contributed by atoms with E-state index in [1.54, 1.807) is 21.1 Å². The van der Waals surface area contributed by atoms with Gasteiger partial charge in [-0.25, -0.2) is 9.79 Å². The highest BCUT2D eigenvalue weighted by atomic mass is 35.5. The third-order valence-electron chi connectivity index (χ3n) is 6.39. The molecule has 2 atom stereocenters. The lowest BCUT2D eigenvalue weighted by atomic mass is 9.98. The highest BCUT2D eigenvalue weighted by molar-refractivity contribution is 6.30. The van der Waals surface area contributed by atoms with Crippen LogP contribution in [0.25, 0.3) is 5.69 Å². The first kappa shape index (κ1) is 28.1. The molecule has 0 unspecified atom stereocenters. The average molecular weight is 555 g/mol. The van der Waals surface area contributed by atoms with Gasteiger partial charge in [0.05, 0.1) is 26.5 Å². The Morgan fingerprint density at radius 2 is 2.00 bits per heavy atom. The SMILES string of the molecule is CCOC(=O)C(C=[NH+]CC[C@H]1O[C@H](c2cccc(OC)c2OC)c2cc(Cl)ccc2-n2c(CC)nnc21)=CN. The quantitative estimate of drug-likeness (QED) is 0.223. The molecule has 0 aliphatic carbocycles. The molecule has 1 aliphatic heterocycles. The van der Waals surface area contributed by atoms with E-state index in [0.717, 1.165) is 22.6 Å². The van der Waals surface area contributed by atoms with E-state index < -0.39 is 18.2 Å². The van der Waals surface area contributed by atoms with Crippen molar-refractivity contribution in [2.24, 2.45) is 5.73 Å². The molecule has 10 nitrogen and oxygen atoms in total. The van der Waals surface area contributed by atoms with Gasteiger partial charge in [0, 0.05) is 35.2 Å². The molecule has 2 aromatic carbocycles. The van der Waals surface area contributed by atoms with E-state index in [4.69, 9.17) is 36.3 Å². The standard InChI is InChI=1S/C28H32ClN5O5/c1-5-24-32-33-27-23(12-13-31-16-17(15-30)28(35)38-6-2)39-25(19-8-7-9-22(36-3)26(19)37-4)20-14-18(29)10-11-21(20)34(24)27/h7-11,14-16,23,25H,5-6,12-13,30H2,1-4H3/p+1/t23-,25-/m1/s1. The molecule has 3 N–H and O–H groups in total. The van der Waals surface area contributed by atoms with E-state index in [2.05, 4.69) is 15.2 Å². The second kappa shape index (κ2) is 12.8. The Morgan fingerprint density at radius 1 is 1.18 bits per heavy atom. The average Bonchev–Trinajstić information content (AvgIpc) is 3.32. The Balaban J connectivity index is 1.77. The smallest absolute Gasteiger partial charge is 0.345 e. The lowest BCUT2D eigenvalue weighted by molar-refractivity contribution is -0.454. The fraction of sp³-hybridized carbons (Fsp3) is 0.357. The molecule has 0 saturated carbocycles. The van der Waals surface area contributed by atoms with Crippen LogP contribution in [0.5, 0.6) is 11.5 Å². The normalized spacial score (nSPS) is 16.9. The second-order valence-corrected chi connectivity index (χ2v) is 9.12. The number of ether oxygens (including phenoxy) is 4.